The molecular formula is C21H38O3S. The molecule has 6 atom stereocenters. The average Bonchev–Trinajstić information content (AvgIpc) is 2.43. The van der Waals surface area contributed by atoms with Crippen LogP contribution in [0, 0.1) is 39.9 Å². The molecule has 0 heterocycles. The van der Waals surface area contributed by atoms with Crippen LogP contribution in [-0.2, 0) is 14.3 Å². The van der Waals surface area contributed by atoms with Crippen molar-refractivity contribution in [3.63, 3.8) is 0 Å². The van der Waals surface area contributed by atoms with Crippen molar-refractivity contribution in [3.8, 4) is 0 Å². The van der Waals surface area contributed by atoms with Gasteiger partial charge in [0.25, 0.3) is 10.1 Å². The van der Waals surface area contributed by atoms with E-state index < -0.39 is 10.1 Å². The van der Waals surface area contributed by atoms with Crippen molar-refractivity contribution in [1.82, 2.24) is 0 Å². The van der Waals surface area contributed by atoms with Crippen LogP contribution >= 0.6 is 0 Å². The zero-order valence-electron chi connectivity index (χ0n) is 17.1. The van der Waals surface area contributed by atoms with E-state index in [1.54, 1.807) is 0 Å². The first-order chi connectivity index (χ1) is 11.4. The lowest BCUT2D eigenvalue weighted by Gasteiger charge is -2.66. The van der Waals surface area contributed by atoms with Crippen LogP contribution in [0.25, 0.3) is 0 Å². The van der Waals surface area contributed by atoms with E-state index in [2.05, 4.69) is 34.6 Å². The molecular weight excluding hydrogens is 332 g/mol. The van der Waals surface area contributed by atoms with Gasteiger partial charge >= 0.3 is 0 Å². The van der Waals surface area contributed by atoms with Gasteiger partial charge in [-0.25, -0.2) is 0 Å². The van der Waals surface area contributed by atoms with Gasteiger partial charge in [0.2, 0.25) is 0 Å². The summed E-state index contributed by atoms with van der Waals surface area (Å²) in [6.07, 6.45) is 10.2. The molecule has 25 heavy (non-hydrogen) atoms. The van der Waals surface area contributed by atoms with Gasteiger partial charge in [0.15, 0.2) is 0 Å². The lowest BCUT2D eigenvalue weighted by Crippen LogP contribution is -2.59. The maximum atomic E-state index is 11.6. The fourth-order valence-electron chi connectivity index (χ4n) is 7.62. The topological polar surface area (TPSA) is 43.4 Å². The van der Waals surface area contributed by atoms with E-state index >= 15 is 0 Å². The second-order valence-electron chi connectivity index (χ2n) is 10.6. The summed E-state index contributed by atoms with van der Waals surface area (Å²) in [7, 11) is -3.37. The summed E-state index contributed by atoms with van der Waals surface area (Å²) in [6, 6.07) is 0. The Morgan fingerprint density at radius 3 is 2.24 bits per heavy atom. The Hall–Kier alpha value is -0.0900. The Bertz CT molecular complexity index is 611. The van der Waals surface area contributed by atoms with E-state index in [0.29, 0.717) is 35.2 Å². The number of hydrogen-bond donors (Lipinski definition) is 0. The molecule has 3 fully saturated rings. The average molecular weight is 371 g/mol. The lowest BCUT2D eigenvalue weighted by molar-refractivity contribution is -0.177. The molecule has 0 aromatic carbocycles. The zero-order chi connectivity index (χ0) is 18.7. The maximum Gasteiger partial charge on any atom is 0.264 e. The molecule has 3 aliphatic rings. The molecule has 0 radical (unpaired) electrons. The van der Waals surface area contributed by atoms with Crippen LogP contribution in [0.15, 0.2) is 0 Å². The van der Waals surface area contributed by atoms with Gasteiger partial charge in [0.1, 0.15) is 0 Å². The predicted molar refractivity (Wildman–Crippen MR) is 103 cm³/mol. The van der Waals surface area contributed by atoms with Gasteiger partial charge in [-0.1, -0.05) is 47.5 Å². The summed E-state index contributed by atoms with van der Waals surface area (Å²) in [5.41, 5.74) is 1.05. The van der Waals surface area contributed by atoms with E-state index in [4.69, 9.17) is 4.18 Å². The largest absolute Gasteiger partial charge is 0.270 e. The van der Waals surface area contributed by atoms with Gasteiger partial charge in [-0.05, 0) is 72.0 Å². The Morgan fingerprint density at radius 2 is 1.60 bits per heavy atom. The SMILES string of the molecule is C[C@H]1CC[C@H]2[C@]3(C)CCCC(C)(C)[C@H]3CC[C@]2(C)[C@H]1COS(C)(=O)=O. The van der Waals surface area contributed by atoms with Crippen molar-refractivity contribution in [3.05, 3.63) is 0 Å². The van der Waals surface area contributed by atoms with Crippen LogP contribution < -0.4 is 0 Å². The summed E-state index contributed by atoms with van der Waals surface area (Å²) in [5.74, 6) is 2.39. The van der Waals surface area contributed by atoms with Gasteiger partial charge in [-0.3, -0.25) is 4.18 Å². The normalized spacial score (nSPS) is 47.0. The first kappa shape index (κ1) is 19.7. The summed E-state index contributed by atoms with van der Waals surface area (Å²) in [4.78, 5) is 0. The number of hydrogen-bond acceptors (Lipinski definition) is 3. The molecule has 0 unspecified atom stereocenters. The third-order valence-electron chi connectivity index (χ3n) is 8.75. The maximum absolute atomic E-state index is 11.6. The molecule has 4 heteroatoms. The summed E-state index contributed by atoms with van der Waals surface area (Å²) < 4.78 is 28.5. The third-order valence-corrected chi connectivity index (χ3v) is 9.31. The second-order valence-corrected chi connectivity index (χ2v) is 12.3. The molecule has 3 saturated carbocycles. The van der Waals surface area contributed by atoms with Gasteiger partial charge in [0, 0.05) is 0 Å². The first-order valence-corrected chi connectivity index (χ1v) is 12.1. The molecule has 3 nitrogen and oxygen atoms in total. The van der Waals surface area contributed by atoms with E-state index in [9.17, 15) is 8.42 Å². The minimum Gasteiger partial charge on any atom is -0.270 e. The molecule has 0 aromatic heterocycles. The highest BCUT2D eigenvalue weighted by atomic mass is 32.2. The van der Waals surface area contributed by atoms with Gasteiger partial charge in [0.05, 0.1) is 12.9 Å². The highest BCUT2D eigenvalue weighted by Gasteiger charge is 2.61. The van der Waals surface area contributed by atoms with Gasteiger partial charge < -0.3 is 0 Å². The predicted octanol–water partition coefficient (Wildman–Crippen LogP) is 5.26. The van der Waals surface area contributed by atoms with Gasteiger partial charge in [-0.15, -0.1) is 0 Å². The Balaban J connectivity index is 1.92. The van der Waals surface area contributed by atoms with Crippen LogP contribution in [0.2, 0.25) is 0 Å². The van der Waals surface area contributed by atoms with Crippen LogP contribution in [0.3, 0.4) is 0 Å². The lowest BCUT2D eigenvalue weighted by atomic mass is 9.39. The van der Waals surface area contributed by atoms with Crippen molar-refractivity contribution < 1.29 is 12.6 Å². The standard InChI is InChI=1S/C21H38O3S/c1-15-8-9-18-20(4,16(15)14-24-25(6,22)23)13-10-17-19(2,3)11-7-12-21(17,18)5/h15-18H,7-14H2,1-6H3/t15-,16-,17+,18+,20+,21+/m0/s1. The molecule has 0 amide bonds. The highest BCUT2D eigenvalue weighted by molar-refractivity contribution is 7.85. The Morgan fingerprint density at radius 1 is 0.920 bits per heavy atom. The number of fused-ring (bicyclic) bond motifs is 3. The monoisotopic (exact) mass is 370 g/mol. The van der Waals surface area contributed by atoms with E-state index in [1.165, 1.54) is 51.2 Å². The van der Waals surface area contributed by atoms with Crippen LogP contribution in [-0.4, -0.2) is 21.3 Å². The number of rotatable bonds is 3. The molecule has 0 aromatic rings. The van der Waals surface area contributed by atoms with Crippen LogP contribution in [0.5, 0.6) is 0 Å². The van der Waals surface area contributed by atoms with Crippen LogP contribution in [0.4, 0.5) is 0 Å². The zero-order valence-corrected chi connectivity index (χ0v) is 17.9. The third kappa shape index (κ3) is 3.31. The Labute approximate surface area is 155 Å². The Kier molecular flexibility index (Phi) is 4.89. The van der Waals surface area contributed by atoms with Crippen LogP contribution in [0.1, 0.15) is 79.6 Å². The summed E-state index contributed by atoms with van der Waals surface area (Å²) in [5, 5.41) is 0. The van der Waals surface area contributed by atoms with Crippen molar-refractivity contribution in [1.29, 1.82) is 0 Å². The summed E-state index contributed by atoms with van der Waals surface area (Å²) >= 11 is 0. The molecule has 3 rings (SSSR count). The van der Waals surface area contributed by atoms with Crippen molar-refractivity contribution in [2.45, 2.75) is 79.6 Å². The molecule has 0 saturated heterocycles. The van der Waals surface area contributed by atoms with E-state index in [1.807, 2.05) is 0 Å². The van der Waals surface area contributed by atoms with Crippen molar-refractivity contribution in [2.24, 2.45) is 39.9 Å². The molecule has 0 bridgehead atoms. The fourth-order valence-corrected chi connectivity index (χ4v) is 8.02. The van der Waals surface area contributed by atoms with E-state index in [0.717, 1.165) is 5.92 Å². The fraction of sp³-hybridized carbons (Fsp3) is 1.00. The quantitative estimate of drug-likeness (QED) is 0.637. The van der Waals surface area contributed by atoms with Crippen molar-refractivity contribution in [2.75, 3.05) is 12.9 Å². The highest BCUT2D eigenvalue weighted by Crippen LogP contribution is 2.69. The minimum absolute atomic E-state index is 0.209. The van der Waals surface area contributed by atoms with Gasteiger partial charge in [-0.2, -0.15) is 8.42 Å². The smallest absolute Gasteiger partial charge is 0.264 e. The van der Waals surface area contributed by atoms with Crippen molar-refractivity contribution >= 4 is 10.1 Å². The molecule has 0 spiro atoms. The molecule has 3 aliphatic carbocycles. The molecule has 0 N–H and O–H groups in total. The minimum atomic E-state index is -3.37. The second kappa shape index (κ2) is 6.22. The first-order valence-electron chi connectivity index (χ1n) is 10.2. The molecule has 146 valence electrons. The summed E-state index contributed by atoms with van der Waals surface area (Å²) in [6.45, 7) is 12.6. The molecule has 0 aliphatic heterocycles. The van der Waals surface area contributed by atoms with E-state index in [-0.39, 0.29) is 5.41 Å².